The van der Waals surface area contributed by atoms with E-state index in [1.165, 1.54) is 23.5 Å². The fraction of sp³-hybridized carbons (Fsp3) is 0.600. The predicted molar refractivity (Wildman–Crippen MR) is 50.8 cm³/mol. The SMILES string of the molecule is CSC(=N)C1CSC(Cl)=N1. The molecule has 2 nitrogen and oxygen atoms in total. The van der Waals surface area contributed by atoms with Crippen LogP contribution in [-0.2, 0) is 0 Å². The molecule has 1 N–H and O–H groups in total. The molecule has 0 spiro atoms. The molecular formula is C5H7ClN2S2. The van der Waals surface area contributed by atoms with Crippen LogP contribution in [0.4, 0.5) is 0 Å². The molecule has 0 radical (unpaired) electrons. The minimum absolute atomic E-state index is 0.0208. The average Bonchev–Trinajstić information content (AvgIpc) is 2.34. The first-order valence-electron chi connectivity index (χ1n) is 2.72. The molecule has 0 saturated carbocycles. The normalized spacial score (nSPS) is 24.6. The number of hydrogen-bond donors (Lipinski definition) is 1. The number of hydrogen-bond acceptors (Lipinski definition) is 4. The number of rotatable bonds is 1. The van der Waals surface area contributed by atoms with Gasteiger partial charge in [0.1, 0.15) is 6.04 Å². The molecule has 0 amide bonds. The Morgan fingerprint density at radius 1 is 2.00 bits per heavy atom. The first kappa shape index (κ1) is 8.43. The van der Waals surface area contributed by atoms with E-state index in [2.05, 4.69) is 4.99 Å². The van der Waals surface area contributed by atoms with Crippen molar-refractivity contribution < 1.29 is 0 Å². The Kier molecular flexibility index (Phi) is 3.07. The third-order valence-corrected chi connectivity index (χ3v) is 3.10. The molecule has 1 atom stereocenters. The topological polar surface area (TPSA) is 36.2 Å². The lowest BCUT2D eigenvalue weighted by Gasteiger charge is -2.02. The molecule has 1 heterocycles. The van der Waals surface area contributed by atoms with E-state index in [0.717, 1.165) is 5.75 Å². The van der Waals surface area contributed by atoms with Gasteiger partial charge in [-0.15, -0.1) is 11.8 Å². The summed E-state index contributed by atoms with van der Waals surface area (Å²) < 4.78 is 0.587. The van der Waals surface area contributed by atoms with Gasteiger partial charge in [-0.2, -0.15) is 0 Å². The Labute approximate surface area is 73.3 Å². The van der Waals surface area contributed by atoms with Crippen LogP contribution in [-0.4, -0.2) is 27.6 Å². The van der Waals surface area contributed by atoms with Crippen LogP contribution >= 0.6 is 35.1 Å². The maximum absolute atomic E-state index is 7.41. The van der Waals surface area contributed by atoms with Crippen molar-refractivity contribution in [1.82, 2.24) is 0 Å². The summed E-state index contributed by atoms with van der Waals surface area (Å²) in [5.41, 5.74) is 0. The second kappa shape index (κ2) is 3.64. The fourth-order valence-corrected chi connectivity index (χ4v) is 2.17. The van der Waals surface area contributed by atoms with Crippen molar-refractivity contribution in [2.75, 3.05) is 12.0 Å². The van der Waals surface area contributed by atoms with E-state index in [9.17, 15) is 0 Å². The van der Waals surface area contributed by atoms with Crippen molar-refractivity contribution in [3.8, 4) is 0 Å². The molecule has 10 heavy (non-hydrogen) atoms. The van der Waals surface area contributed by atoms with Gasteiger partial charge in [0.25, 0.3) is 0 Å². The first-order valence-corrected chi connectivity index (χ1v) is 5.31. The second-order valence-corrected chi connectivity index (χ2v) is 4.22. The molecule has 5 heteroatoms. The van der Waals surface area contributed by atoms with E-state index in [1.54, 1.807) is 0 Å². The van der Waals surface area contributed by atoms with Gasteiger partial charge in [0.15, 0.2) is 4.50 Å². The largest absolute Gasteiger partial charge is 0.296 e. The molecule has 0 aromatic heterocycles. The lowest BCUT2D eigenvalue weighted by atomic mass is 10.4. The van der Waals surface area contributed by atoms with Gasteiger partial charge in [-0.05, 0) is 6.26 Å². The lowest BCUT2D eigenvalue weighted by molar-refractivity contribution is 1.02. The van der Waals surface area contributed by atoms with Crippen LogP contribution < -0.4 is 0 Å². The Morgan fingerprint density at radius 2 is 2.70 bits per heavy atom. The number of halogens is 1. The average molecular weight is 195 g/mol. The molecule has 0 saturated heterocycles. The van der Waals surface area contributed by atoms with Crippen LogP contribution in [0.1, 0.15) is 0 Å². The molecule has 0 fully saturated rings. The van der Waals surface area contributed by atoms with Gasteiger partial charge in [-0.25, -0.2) is 0 Å². The highest BCUT2D eigenvalue weighted by molar-refractivity contribution is 8.17. The molecule has 1 aliphatic heterocycles. The molecule has 1 unspecified atom stereocenters. The van der Waals surface area contributed by atoms with Crippen molar-refractivity contribution in [1.29, 1.82) is 5.41 Å². The van der Waals surface area contributed by atoms with Crippen molar-refractivity contribution in [2.45, 2.75) is 6.04 Å². The van der Waals surface area contributed by atoms with E-state index in [-0.39, 0.29) is 6.04 Å². The van der Waals surface area contributed by atoms with Crippen LogP contribution in [0.3, 0.4) is 0 Å². The fourth-order valence-electron chi connectivity index (χ4n) is 0.615. The van der Waals surface area contributed by atoms with Crippen molar-refractivity contribution in [2.24, 2.45) is 4.99 Å². The molecule has 56 valence electrons. The standard InChI is InChI=1S/C5H7ClN2S2/c1-9-4(7)3-2-10-5(6)8-3/h3,7H,2H2,1H3. The minimum atomic E-state index is 0.0208. The highest BCUT2D eigenvalue weighted by Gasteiger charge is 2.19. The van der Waals surface area contributed by atoms with Crippen LogP contribution in [0.15, 0.2) is 4.99 Å². The summed E-state index contributed by atoms with van der Waals surface area (Å²) >= 11 is 8.55. The summed E-state index contributed by atoms with van der Waals surface area (Å²) in [6, 6.07) is 0.0208. The Hall–Kier alpha value is 0.330. The number of nitrogens with one attached hydrogen (secondary N) is 1. The second-order valence-electron chi connectivity index (χ2n) is 1.78. The monoisotopic (exact) mass is 194 g/mol. The minimum Gasteiger partial charge on any atom is -0.296 e. The van der Waals surface area contributed by atoms with Gasteiger partial charge < -0.3 is 0 Å². The number of nitrogens with zero attached hydrogens (tertiary/aromatic N) is 1. The van der Waals surface area contributed by atoms with Crippen molar-refractivity contribution in [3.63, 3.8) is 0 Å². The summed E-state index contributed by atoms with van der Waals surface area (Å²) in [7, 11) is 0. The summed E-state index contributed by atoms with van der Waals surface area (Å²) in [5, 5.41) is 8.01. The van der Waals surface area contributed by atoms with Gasteiger partial charge in [0, 0.05) is 5.75 Å². The summed E-state index contributed by atoms with van der Waals surface area (Å²) in [6.07, 6.45) is 1.88. The van der Waals surface area contributed by atoms with E-state index >= 15 is 0 Å². The Bertz CT molecular complexity index is 180. The van der Waals surface area contributed by atoms with Crippen LogP contribution in [0.2, 0.25) is 0 Å². The molecule has 1 aliphatic rings. The molecule has 0 bridgehead atoms. The highest BCUT2D eigenvalue weighted by Crippen LogP contribution is 2.23. The Balaban J connectivity index is 2.52. The molecular weight excluding hydrogens is 188 g/mol. The number of thioether (sulfide) groups is 2. The molecule has 0 aromatic carbocycles. The summed E-state index contributed by atoms with van der Waals surface area (Å²) in [4.78, 5) is 4.06. The maximum Gasteiger partial charge on any atom is 0.158 e. The van der Waals surface area contributed by atoms with Gasteiger partial charge in [0.05, 0.1) is 5.04 Å². The smallest absolute Gasteiger partial charge is 0.158 e. The lowest BCUT2D eigenvalue weighted by Crippen LogP contribution is -2.13. The zero-order valence-corrected chi connectivity index (χ0v) is 7.82. The van der Waals surface area contributed by atoms with E-state index in [4.69, 9.17) is 17.0 Å². The zero-order valence-electron chi connectivity index (χ0n) is 5.43. The summed E-state index contributed by atoms with van der Waals surface area (Å²) in [5.74, 6) is 0.832. The molecule has 0 aromatic rings. The predicted octanol–water partition coefficient (Wildman–Crippen LogP) is 2.04. The van der Waals surface area contributed by atoms with Crippen LogP contribution in [0.5, 0.6) is 0 Å². The first-order chi connectivity index (χ1) is 4.74. The van der Waals surface area contributed by atoms with Gasteiger partial charge in [0.2, 0.25) is 0 Å². The molecule has 0 aliphatic carbocycles. The quantitative estimate of drug-likeness (QED) is 0.512. The van der Waals surface area contributed by atoms with Gasteiger partial charge >= 0.3 is 0 Å². The number of aliphatic imine (C=N–C) groups is 1. The third kappa shape index (κ3) is 1.90. The maximum atomic E-state index is 7.41. The zero-order chi connectivity index (χ0) is 7.56. The van der Waals surface area contributed by atoms with E-state index in [0.29, 0.717) is 9.55 Å². The van der Waals surface area contributed by atoms with Crippen LogP contribution in [0, 0.1) is 5.41 Å². The Morgan fingerprint density at radius 3 is 3.10 bits per heavy atom. The van der Waals surface area contributed by atoms with Gasteiger partial charge in [-0.1, -0.05) is 23.4 Å². The molecule has 1 rings (SSSR count). The highest BCUT2D eigenvalue weighted by atomic mass is 35.5. The van der Waals surface area contributed by atoms with Crippen molar-refractivity contribution >= 4 is 44.7 Å². The van der Waals surface area contributed by atoms with Crippen LogP contribution in [0.25, 0.3) is 0 Å². The van der Waals surface area contributed by atoms with Crippen molar-refractivity contribution in [3.05, 3.63) is 0 Å². The van der Waals surface area contributed by atoms with E-state index in [1.807, 2.05) is 6.26 Å². The summed E-state index contributed by atoms with van der Waals surface area (Å²) in [6.45, 7) is 0. The third-order valence-electron chi connectivity index (χ3n) is 1.14. The van der Waals surface area contributed by atoms with E-state index < -0.39 is 0 Å². The van der Waals surface area contributed by atoms with Gasteiger partial charge in [-0.3, -0.25) is 10.4 Å².